The minimum Gasteiger partial charge on any atom is -0.271 e. The lowest BCUT2D eigenvalue weighted by Crippen LogP contribution is -2.39. The van der Waals surface area contributed by atoms with Crippen molar-refractivity contribution in [2.45, 2.75) is 38.1 Å². The average Bonchev–Trinajstić information content (AvgIpc) is 2.47. The van der Waals surface area contributed by atoms with E-state index in [4.69, 9.17) is 5.84 Å². The summed E-state index contributed by atoms with van der Waals surface area (Å²) < 4.78 is 0. The van der Waals surface area contributed by atoms with E-state index < -0.39 is 0 Å². The molecule has 0 amide bonds. The molecule has 0 aliphatic heterocycles. The summed E-state index contributed by atoms with van der Waals surface area (Å²) >= 11 is 1.84. The number of nitrogens with one attached hydrogen (secondary N) is 1. The highest BCUT2D eigenvalue weighted by Gasteiger charge is 2.12. The topological polar surface area (TPSA) is 38.0 Å². The van der Waals surface area contributed by atoms with E-state index >= 15 is 0 Å². The molecule has 2 rings (SSSR count). The molecular weight excluding hydrogens is 276 g/mol. The monoisotopic (exact) mass is 300 g/mol. The number of hydrogen-bond acceptors (Lipinski definition) is 3. The van der Waals surface area contributed by atoms with Gasteiger partial charge in [0, 0.05) is 16.7 Å². The summed E-state index contributed by atoms with van der Waals surface area (Å²) in [6, 6.07) is 15.2. The lowest BCUT2D eigenvalue weighted by atomic mass is 9.95. The molecule has 0 saturated carbocycles. The maximum absolute atomic E-state index is 5.75. The molecule has 0 aliphatic carbocycles. The number of benzene rings is 2. The Morgan fingerprint density at radius 2 is 1.67 bits per heavy atom. The normalized spacial score (nSPS) is 12.4. The molecule has 2 nitrogen and oxygen atoms in total. The molecule has 0 bridgehead atoms. The van der Waals surface area contributed by atoms with E-state index in [9.17, 15) is 0 Å². The second kappa shape index (κ2) is 7.64. The van der Waals surface area contributed by atoms with Crippen molar-refractivity contribution in [1.29, 1.82) is 0 Å². The minimum absolute atomic E-state index is 0.273. The fourth-order valence-corrected chi connectivity index (χ4v) is 3.62. The van der Waals surface area contributed by atoms with Gasteiger partial charge in [0.2, 0.25) is 0 Å². The Morgan fingerprint density at radius 1 is 1.05 bits per heavy atom. The van der Waals surface area contributed by atoms with E-state index in [0.717, 1.165) is 12.2 Å². The predicted molar refractivity (Wildman–Crippen MR) is 92.6 cm³/mol. The van der Waals surface area contributed by atoms with Gasteiger partial charge in [-0.3, -0.25) is 11.3 Å². The fourth-order valence-electron chi connectivity index (χ4n) is 2.66. The van der Waals surface area contributed by atoms with E-state index in [1.807, 2.05) is 17.8 Å². The second-order valence-electron chi connectivity index (χ2n) is 5.57. The van der Waals surface area contributed by atoms with Crippen LogP contribution in [0.15, 0.2) is 47.4 Å². The summed E-state index contributed by atoms with van der Waals surface area (Å²) in [5.74, 6) is 6.72. The highest BCUT2D eigenvalue weighted by molar-refractivity contribution is 7.99. The summed E-state index contributed by atoms with van der Waals surface area (Å²) in [5, 5.41) is 0. The van der Waals surface area contributed by atoms with Gasteiger partial charge < -0.3 is 0 Å². The van der Waals surface area contributed by atoms with Crippen molar-refractivity contribution in [1.82, 2.24) is 5.43 Å². The Hall–Kier alpha value is -1.29. The molecule has 0 fully saturated rings. The molecule has 0 radical (unpaired) electrons. The van der Waals surface area contributed by atoms with Crippen LogP contribution in [0, 0.1) is 20.8 Å². The van der Waals surface area contributed by atoms with Gasteiger partial charge in [0.05, 0.1) is 0 Å². The summed E-state index contributed by atoms with van der Waals surface area (Å²) in [6.07, 6.45) is 0.967. The van der Waals surface area contributed by atoms with Crippen LogP contribution >= 0.6 is 11.8 Å². The molecule has 1 unspecified atom stereocenters. The zero-order valence-corrected chi connectivity index (χ0v) is 13.8. The van der Waals surface area contributed by atoms with Crippen molar-refractivity contribution in [3.63, 3.8) is 0 Å². The van der Waals surface area contributed by atoms with Gasteiger partial charge in [0.25, 0.3) is 0 Å². The standard InChI is InChI=1S/C18H24N2S/c1-13-9-14(2)18(15(3)10-13)11-16(20-19)12-21-17-7-5-4-6-8-17/h4-10,16,20H,11-12,19H2,1-3H3. The van der Waals surface area contributed by atoms with Crippen molar-refractivity contribution in [2.24, 2.45) is 5.84 Å². The summed E-state index contributed by atoms with van der Waals surface area (Å²) in [7, 11) is 0. The molecule has 21 heavy (non-hydrogen) atoms. The van der Waals surface area contributed by atoms with Crippen LogP contribution in [0.3, 0.4) is 0 Å². The van der Waals surface area contributed by atoms with E-state index in [-0.39, 0.29) is 6.04 Å². The summed E-state index contributed by atoms with van der Waals surface area (Å²) in [6.45, 7) is 6.52. The average molecular weight is 300 g/mol. The van der Waals surface area contributed by atoms with Gasteiger partial charge in [-0.25, -0.2) is 0 Å². The molecule has 2 aromatic rings. The molecule has 3 N–H and O–H groups in total. The molecule has 0 aliphatic rings. The number of rotatable bonds is 6. The maximum atomic E-state index is 5.75. The van der Waals surface area contributed by atoms with Crippen molar-refractivity contribution in [3.05, 3.63) is 64.7 Å². The summed E-state index contributed by atoms with van der Waals surface area (Å²) in [4.78, 5) is 1.29. The Morgan fingerprint density at radius 3 is 2.24 bits per heavy atom. The van der Waals surface area contributed by atoms with Gasteiger partial charge in [-0.05, 0) is 56.0 Å². The van der Waals surface area contributed by atoms with Crippen LogP contribution in [0.1, 0.15) is 22.3 Å². The number of nitrogens with two attached hydrogens (primary N) is 1. The summed E-state index contributed by atoms with van der Waals surface area (Å²) in [5.41, 5.74) is 8.42. The Bertz CT molecular complexity index is 558. The zero-order chi connectivity index (χ0) is 15.2. The third-order valence-electron chi connectivity index (χ3n) is 3.72. The quantitative estimate of drug-likeness (QED) is 0.484. The molecule has 0 spiro atoms. The van der Waals surface area contributed by atoms with Crippen molar-refractivity contribution < 1.29 is 0 Å². The molecular formula is C18H24N2S. The van der Waals surface area contributed by atoms with Crippen LogP contribution in [0.4, 0.5) is 0 Å². The highest BCUT2D eigenvalue weighted by Crippen LogP contribution is 2.22. The zero-order valence-electron chi connectivity index (χ0n) is 13.0. The first kappa shape index (κ1) is 16.1. The van der Waals surface area contributed by atoms with E-state index in [1.165, 1.54) is 27.1 Å². The van der Waals surface area contributed by atoms with Crippen LogP contribution < -0.4 is 11.3 Å². The van der Waals surface area contributed by atoms with Crippen LogP contribution in [-0.4, -0.2) is 11.8 Å². The Balaban J connectivity index is 2.02. The first-order valence-electron chi connectivity index (χ1n) is 7.31. The number of aryl methyl sites for hydroxylation is 3. The highest BCUT2D eigenvalue weighted by atomic mass is 32.2. The molecule has 112 valence electrons. The smallest absolute Gasteiger partial charge is 0.0345 e. The van der Waals surface area contributed by atoms with Crippen molar-refractivity contribution in [2.75, 3.05) is 5.75 Å². The molecule has 3 heteroatoms. The minimum atomic E-state index is 0.273. The third-order valence-corrected chi connectivity index (χ3v) is 4.90. The third kappa shape index (κ3) is 4.60. The molecule has 0 saturated heterocycles. The number of thioether (sulfide) groups is 1. The van der Waals surface area contributed by atoms with Gasteiger partial charge in [0.15, 0.2) is 0 Å². The lowest BCUT2D eigenvalue weighted by Gasteiger charge is -2.19. The van der Waals surface area contributed by atoms with Crippen molar-refractivity contribution >= 4 is 11.8 Å². The largest absolute Gasteiger partial charge is 0.271 e. The van der Waals surface area contributed by atoms with Gasteiger partial charge in [-0.2, -0.15) is 0 Å². The first-order valence-corrected chi connectivity index (χ1v) is 8.29. The molecule has 0 aromatic heterocycles. The van der Waals surface area contributed by atoms with E-state index in [0.29, 0.717) is 0 Å². The van der Waals surface area contributed by atoms with Gasteiger partial charge in [0.1, 0.15) is 0 Å². The Labute approximate surface area is 132 Å². The lowest BCUT2D eigenvalue weighted by molar-refractivity contribution is 0.573. The molecule has 0 heterocycles. The molecule has 1 atom stereocenters. The first-order chi connectivity index (χ1) is 10.1. The van der Waals surface area contributed by atoms with E-state index in [1.54, 1.807) is 0 Å². The van der Waals surface area contributed by atoms with Gasteiger partial charge in [-0.1, -0.05) is 35.9 Å². The van der Waals surface area contributed by atoms with Crippen molar-refractivity contribution in [3.8, 4) is 0 Å². The SMILES string of the molecule is Cc1cc(C)c(CC(CSc2ccccc2)NN)c(C)c1. The van der Waals surface area contributed by atoms with Crippen LogP contribution in [0.25, 0.3) is 0 Å². The predicted octanol–water partition coefficient (Wildman–Crippen LogP) is 3.78. The van der Waals surface area contributed by atoms with E-state index in [2.05, 4.69) is 62.6 Å². The number of hydrogen-bond donors (Lipinski definition) is 2. The van der Waals surface area contributed by atoms with Crippen LogP contribution in [0.2, 0.25) is 0 Å². The number of hydrazine groups is 1. The second-order valence-corrected chi connectivity index (χ2v) is 6.66. The van der Waals surface area contributed by atoms with Gasteiger partial charge >= 0.3 is 0 Å². The fraction of sp³-hybridized carbons (Fsp3) is 0.333. The van der Waals surface area contributed by atoms with Crippen LogP contribution in [-0.2, 0) is 6.42 Å². The molecule has 2 aromatic carbocycles. The maximum Gasteiger partial charge on any atom is 0.0345 e. The van der Waals surface area contributed by atoms with Crippen LogP contribution in [0.5, 0.6) is 0 Å². The van der Waals surface area contributed by atoms with Gasteiger partial charge in [-0.15, -0.1) is 11.8 Å². The Kier molecular flexibility index (Phi) is 5.85.